The van der Waals surface area contributed by atoms with Gasteiger partial charge in [-0.25, -0.2) is 0 Å². The van der Waals surface area contributed by atoms with E-state index in [1.54, 1.807) is 17.8 Å². The quantitative estimate of drug-likeness (QED) is 0.517. The van der Waals surface area contributed by atoms with E-state index in [9.17, 15) is 9.90 Å². The Bertz CT molecular complexity index is 482. The van der Waals surface area contributed by atoms with E-state index in [2.05, 4.69) is 0 Å². The summed E-state index contributed by atoms with van der Waals surface area (Å²) in [5.41, 5.74) is 0. The van der Waals surface area contributed by atoms with E-state index in [0.717, 1.165) is 4.90 Å². The summed E-state index contributed by atoms with van der Waals surface area (Å²) < 4.78 is 5.08. The summed E-state index contributed by atoms with van der Waals surface area (Å²) in [7, 11) is 0. The van der Waals surface area contributed by atoms with E-state index < -0.39 is 5.97 Å². The zero-order valence-electron chi connectivity index (χ0n) is 9.38. The fourth-order valence-electron chi connectivity index (χ4n) is 1.24. The first-order chi connectivity index (χ1) is 7.75. The fraction of sp³-hybridized carbons (Fsp3) is 0.0833. The zero-order chi connectivity index (χ0) is 11.4. The van der Waals surface area contributed by atoms with Crippen LogP contribution in [0.25, 0.3) is 0 Å². The molecule has 0 spiro atoms. The maximum atomic E-state index is 10.5. The summed E-state index contributed by atoms with van der Waals surface area (Å²) >= 11 is 1.59. The molecule has 0 unspecified atom stereocenters. The number of benzene rings is 1. The predicted molar refractivity (Wildman–Crippen MR) is 59.0 cm³/mol. The molecule has 0 aliphatic rings. The first kappa shape index (κ1) is 14.4. The maximum Gasteiger partial charge on any atom is 1.00 e. The van der Waals surface area contributed by atoms with Gasteiger partial charge in [0.15, 0.2) is 0 Å². The number of furan rings is 1. The third-order valence-corrected chi connectivity index (χ3v) is 3.02. The zero-order valence-corrected chi connectivity index (χ0v) is 12.2. The van der Waals surface area contributed by atoms with Crippen LogP contribution in [0.15, 0.2) is 51.8 Å². The number of aromatic carboxylic acids is 1. The smallest absolute Gasteiger partial charge is 0.542 e. The Morgan fingerprint density at radius 2 is 1.88 bits per heavy atom. The van der Waals surface area contributed by atoms with Crippen LogP contribution in [-0.4, -0.2) is 5.97 Å². The van der Waals surface area contributed by atoms with Gasteiger partial charge < -0.3 is 14.3 Å². The van der Waals surface area contributed by atoms with Crippen LogP contribution in [0.1, 0.15) is 16.3 Å². The first-order valence-electron chi connectivity index (χ1n) is 4.73. The third-order valence-electron chi connectivity index (χ3n) is 1.99. The van der Waals surface area contributed by atoms with Gasteiger partial charge in [-0.15, -0.1) is 11.8 Å². The standard InChI is InChI=1S/C12H10O3S.Na/c13-12(14)11-7-6-9(15-11)8-16-10-4-2-1-3-5-10;/h1-7H,8H2,(H,13,14);/q;+1/p-1. The molecule has 0 aliphatic heterocycles. The predicted octanol–water partition coefficient (Wildman–Crippen LogP) is -1.06. The number of hydrogen-bond acceptors (Lipinski definition) is 4. The number of hydrogen-bond donors (Lipinski definition) is 0. The van der Waals surface area contributed by atoms with Crippen molar-refractivity contribution in [2.75, 3.05) is 0 Å². The van der Waals surface area contributed by atoms with Crippen molar-refractivity contribution >= 4 is 17.7 Å². The normalized spacial score (nSPS) is 9.65. The first-order valence-corrected chi connectivity index (χ1v) is 5.72. The molecule has 1 aromatic carbocycles. The summed E-state index contributed by atoms with van der Waals surface area (Å²) in [5.74, 6) is -0.162. The molecule has 0 saturated heterocycles. The Morgan fingerprint density at radius 3 is 2.47 bits per heavy atom. The van der Waals surface area contributed by atoms with Crippen molar-refractivity contribution in [3.8, 4) is 0 Å². The molecule has 0 N–H and O–H groups in total. The number of carboxylic acids is 1. The van der Waals surface area contributed by atoms with Gasteiger partial charge in [0, 0.05) is 4.90 Å². The Balaban J connectivity index is 0.00000144. The van der Waals surface area contributed by atoms with Gasteiger partial charge in [-0.1, -0.05) is 18.2 Å². The molecule has 0 aliphatic carbocycles. The maximum absolute atomic E-state index is 10.5. The van der Waals surface area contributed by atoms with Crippen LogP contribution >= 0.6 is 11.8 Å². The van der Waals surface area contributed by atoms with Crippen molar-refractivity contribution < 1.29 is 43.9 Å². The SMILES string of the molecule is O=C([O-])c1ccc(CSc2ccccc2)o1.[Na+]. The van der Waals surface area contributed by atoms with Crippen molar-refractivity contribution in [2.45, 2.75) is 10.6 Å². The minimum atomic E-state index is -1.28. The Hall–Kier alpha value is -0.680. The van der Waals surface area contributed by atoms with Gasteiger partial charge in [0.25, 0.3) is 0 Å². The van der Waals surface area contributed by atoms with Crippen molar-refractivity contribution in [1.82, 2.24) is 0 Å². The molecule has 2 aromatic rings. The van der Waals surface area contributed by atoms with Crippen LogP contribution in [0, 0.1) is 0 Å². The molecule has 2 rings (SSSR count). The second-order valence-electron chi connectivity index (χ2n) is 3.16. The van der Waals surface area contributed by atoms with Crippen molar-refractivity contribution in [3.05, 3.63) is 54.0 Å². The molecule has 82 valence electrons. The number of carboxylic acid groups (broad SMARTS) is 1. The van der Waals surface area contributed by atoms with Crippen LogP contribution in [-0.2, 0) is 5.75 Å². The van der Waals surface area contributed by atoms with Crippen LogP contribution < -0.4 is 34.7 Å². The Morgan fingerprint density at radius 1 is 1.18 bits per heavy atom. The van der Waals surface area contributed by atoms with Gasteiger partial charge in [0.05, 0.1) is 5.75 Å². The van der Waals surface area contributed by atoms with Crippen molar-refractivity contribution in [3.63, 3.8) is 0 Å². The summed E-state index contributed by atoms with van der Waals surface area (Å²) in [6.45, 7) is 0. The van der Waals surface area contributed by atoms with Crippen LogP contribution in [0.3, 0.4) is 0 Å². The number of thioether (sulfide) groups is 1. The Labute approximate surface area is 126 Å². The minimum Gasteiger partial charge on any atom is -0.542 e. The van der Waals surface area contributed by atoms with Crippen molar-refractivity contribution in [1.29, 1.82) is 0 Å². The van der Waals surface area contributed by atoms with Crippen LogP contribution in [0.5, 0.6) is 0 Å². The largest absolute Gasteiger partial charge is 1.00 e. The third kappa shape index (κ3) is 4.24. The monoisotopic (exact) mass is 256 g/mol. The minimum absolute atomic E-state index is 0. The molecule has 17 heavy (non-hydrogen) atoms. The molecule has 0 radical (unpaired) electrons. The number of carbonyl (C=O) groups is 1. The van der Waals surface area contributed by atoms with Gasteiger partial charge >= 0.3 is 29.6 Å². The summed E-state index contributed by atoms with van der Waals surface area (Å²) in [5, 5.41) is 10.5. The summed E-state index contributed by atoms with van der Waals surface area (Å²) in [6.07, 6.45) is 0. The molecular formula is C12H9NaO3S. The molecule has 1 aromatic heterocycles. The van der Waals surface area contributed by atoms with E-state index in [0.29, 0.717) is 11.5 Å². The summed E-state index contributed by atoms with van der Waals surface area (Å²) in [4.78, 5) is 11.6. The number of rotatable bonds is 4. The number of carbonyl (C=O) groups excluding carboxylic acids is 1. The summed E-state index contributed by atoms with van der Waals surface area (Å²) in [6, 6.07) is 12.9. The molecular weight excluding hydrogens is 247 g/mol. The van der Waals surface area contributed by atoms with E-state index in [-0.39, 0.29) is 35.3 Å². The van der Waals surface area contributed by atoms with Gasteiger partial charge in [-0.3, -0.25) is 0 Å². The Kier molecular flexibility index (Phi) is 5.85. The molecule has 1 heterocycles. The van der Waals surface area contributed by atoms with E-state index in [1.165, 1.54) is 6.07 Å². The molecule has 5 heteroatoms. The second kappa shape index (κ2) is 6.91. The average molecular weight is 256 g/mol. The molecule has 0 saturated carbocycles. The molecule has 3 nitrogen and oxygen atoms in total. The fourth-order valence-corrected chi connectivity index (χ4v) is 2.05. The van der Waals surface area contributed by atoms with Gasteiger partial charge in [-0.05, 0) is 24.3 Å². The second-order valence-corrected chi connectivity index (χ2v) is 4.20. The average Bonchev–Trinajstić information content (AvgIpc) is 2.76. The van der Waals surface area contributed by atoms with E-state index in [1.807, 2.05) is 30.3 Å². The van der Waals surface area contributed by atoms with Crippen LogP contribution in [0.4, 0.5) is 0 Å². The molecule has 0 amide bonds. The topological polar surface area (TPSA) is 53.3 Å². The van der Waals surface area contributed by atoms with E-state index in [4.69, 9.17) is 4.42 Å². The van der Waals surface area contributed by atoms with Gasteiger partial charge in [0.2, 0.25) is 0 Å². The van der Waals surface area contributed by atoms with Gasteiger partial charge in [0.1, 0.15) is 17.5 Å². The van der Waals surface area contributed by atoms with Crippen molar-refractivity contribution in [2.24, 2.45) is 0 Å². The van der Waals surface area contributed by atoms with E-state index >= 15 is 0 Å². The molecule has 0 bridgehead atoms. The molecule has 0 fully saturated rings. The molecule has 0 atom stereocenters. The van der Waals surface area contributed by atoms with Gasteiger partial charge in [-0.2, -0.15) is 0 Å². The van der Waals surface area contributed by atoms with Crippen LogP contribution in [0.2, 0.25) is 0 Å².